The Bertz CT molecular complexity index is 2250. The Balaban J connectivity index is 0.995. The number of nitrogens with two attached hydrogens (primary N) is 2. The van der Waals surface area contributed by atoms with E-state index in [1.807, 2.05) is 62.4 Å². The summed E-state index contributed by atoms with van der Waals surface area (Å²) < 4.78 is 10.1. The van der Waals surface area contributed by atoms with Crippen molar-refractivity contribution in [2.24, 2.45) is 17.4 Å². The molecule has 2 fully saturated rings. The SMILES string of the molecule is COC(=O)N[C@H](C(=O)N1CCCC1c1ncc(-c2ccc(-c3ccc(-c4cnc([C@@H]5CCCN5C(=O)[C@H](Cc5ccc(CN)cc5)OC(N)=O)[nH]4)cc3)cc2)[nH]1)C(C)C. The van der Waals surface area contributed by atoms with Gasteiger partial charge in [-0.25, -0.2) is 19.6 Å². The lowest BCUT2D eigenvalue weighted by molar-refractivity contribution is -0.141. The average Bonchev–Trinajstić information content (AvgIpc) is 4.09. The molecule has 4 atom stereocenters. The molecule has 7 N–H and O–H groups in total. The number of amides is 4. The predicted molar refractivity (Wildman–Crippen MR) is 221 cm³/mol. The van der Waals surface area contributed by atoms with Gasteiger partial charge in [0.15, 0.2) is 6.10 Å². The van der Waals surface area contributed by atoms with Gasteiger partial charge in [-0.05, 0) is 65.0 Å². The number of hydrogen-bond acceptors (Lipinski definition) is 9. The summed E-state index contributed by atoms with van der Waals surface area (Å²) in [5, 5.41) is 2.69. The van der Waals surface area contributed by atoms with E-state index in [1.54, 1.807) is 22.2 Å². The predicted octanol–water partition coefficient (Wildman–Crippen LogP) is 6.01. The number of alkyl carbamates (subject to hydrolysis) is 1. The summed E-state index contributed by atoms with van der Waals surface area (Å²) in [6.45, 7) is 5.29. The molecule has 0 aliphatic carbocycles. The van der Waals surface area contributed by atoms with Crippen molar-refractivity contribution in [2.45, 2.75) is 76.7 Å². The molecule has 4 heterocycles. The molecule has 1 unspecified atom stereocenters. The lowest BCUT2D eigenvalue weighted by Crippen LogP contribution is -2.51. The van der Waals surface area contributed by atoms with Crippen molar-refractivity contribution in [3.05, 3.63) is 108 Å². The number of H-pyrrole nitrogens is 2. The first-order valence-corrected chi connectivity index (χ1v) is 20.0. The number of likely N-dealkylation sites (tertiary alicyclic amines) is 2. The molecule has 15 heteroatoms. The van der Waals surface area contributed by atoms with Crippen molar-refractivity contribution in [2.75, 3.05) is 20.2 Å². The molecular weight excluding hydrogens is 751 g/mol. The first kappa shape index (κ1) is 40.7. The number of ether oxygens (including phenoxy) is 2. The number of nitrogens with zero attached hydrogens (tertiary/aromatic N) is 4. The highest BCUT2D eigenvalue weighted by atomic mass is 16.6. The van der Waals surface area contributed by atoms with Gasteiger partial charge in [-0.2, -0.15) is 0 Å². The van der Waals surface area contributed by atoms with Crippen LogP contribution < -0.4 is 16.8 Å². The van der Waals surface area contributed by atoms with Gasteiger partial charge in [0, 0.05) is 26.1 Å². The van der Waals surface area contributed by atoms with Crippen LogP contribution in [0, 0.1) is 5.92 Å². The Morgan fingerprint density at radius 1 is 0.746 bits per heavy atom. The van der Waals surface area contributed by atoms with Crippen LogP contribution in [0.3, 0.4) is 0 Å². The largest absolute Gasteiger partial charge is 0.453 e. The molecule has 308 valence electrons. The molecule has 0 bridgehead atoms. The molecule has 7 rings (SSSR count). The Kier molecular flexibility index (Phi) is 12.4. The minimum absolute atomic E-state index is 0.112. The van der Waals surface area contributed by atoms with Crippen LogP contribution in [0.2, 0.25) is 0 Å². The summed E-state index contributed by atoms with van der Waals surface area (Å²) in [6.07, 6.45) is 4.19. The maximum Gasteiger partial charge on any atom is 0.407 e. The molecule has 2 aliphatic rings. The van der Waals surface area contributed by atoms with Gasteiger partial charge >= 0.3 is 12.2 Å². The lowest BCUT2D eigenvalue weighted by atomic mass is 10.0. The van der Waals surface area contributed by atoms with E-state index >= 15 is 0 Å². The number of hydrogen-bond donors (Lipinski definition) is 5. The topological polar surface area (TPSA) is 215 Å². The van der Waals surface area contributed by atoms with Crippen molar-refractivity contribution in [3.8, 4) is 33.6 Å². The van der Waals surface area contributed by atoms with Crippen molar-refractivity contribution < 1.29 is 28.7 Å². The zero-order valence-corrected chi connectivity index (χ0v) is 33.5. The second-order valence-corrected chi connectivity index (χ2v) is 15.4. The molecule has 2 aliphatic heterocycles. The van der Waals surface area contributed by atoms with Crippen molar-refractivity contribution in [3.63, 3.8) is 0 Å². The molecule has 15 nitrogen and oxygen atoms in total. The number of imidazole rings is 2. The molecule has 59 heavy (non-hydrogen) atoms. The van der Waals surface area contributed by atoms with Crippen LogP contribution in [0.25, 0.3) is 33.6 Å². The first-order valence-electron chi connectivity index (χ1n) is 20.0. The van der Waals surface area contributed by atoms with Gasteiger partial charge in [0.05, 0.1) is 43.0 Å². The van der Waals surface area contributed by atoms with Crippen LogP contribution in [0.1, 0.15) is 74.4 Å². The third kappa shape index (κ3) is 9.15. The van der Waals surface area contributed by atoms with Gasteiger partial charge in [0.25, 0.3) is 5.91 Å². The quantitative estimate of drug-likeness (QED) is 0.0942. The molecule has 3 aromatic carbocycles. The second kappa shape index (κ2) is 18.0. The Hall–Kier alpha value is -6.48. The highest BCUT2D eigenvalue weighted by Gasteiger charge is 2.39. The number of carbonyl (C=O) groups excluding carboxylic acids is 4. The summed E-state index contributed by atoms with van der Waals surface area (Å²) >= 11 is 0. The minimum atomic E-state index is -1.06. The second-order valence-electron chi connectivity index (χ2n) is 15.4. The lowest BCUT2D eigenvalue weighted by Gasteiger charge is -2.30. The summed E-state index contributed by atoms with van der Waals surface area (Å²) in [7, 11) is 1.29. The summed E-state index contributed by atoms with van der Waals surface area (Å²) in [6, 6.07) is 22.7. The van der Waals surface area contributed by atoms with Gasteiger partial charge in [-0.1, -0.05) is 86.6 Å². The molecule has 5 aromatic rings. The van der Waals surface area contributed by atoms with Gasteiger partial charge < -0.3 is 46.0 Å². The molecular formula is C44H51N9O6. The standard InChI is InChI=1S/C44H51N9O6/c1-26(2)38(51-44(57)58-3)42(55)53-21-5-7-36(53)40-48-25-34(50-40)32-18-14-30(15-19-32)29-12-16-31(17-13-29)33-24-47-39(49-33)35-6-4-20-52(35)41(54)37(59-43(46)56)22-27-8-10-28(23-45)11-9-27/h8-19,24-26,35-38H,4-7,20-23,45H2,1-3H3,(H2,46,56)(H,47,49)(H,48,50)(H,51,57)/t35-,36?,37-,38-/m0/s1. The summed E-state index contributed by atoms with van der Waals surface area (Å²) in [4.78, 5) is 70.9. The van der Waals surface area contributed by atoms with Crippen molar-refractivity contribution in [1.29, 1.82) is 0 Å². The monoisotopic (exact) mass is 801 g/mol. The van der Waals surface area contributed by atoms with Gasteiger partial charge in [0.2, 0.25) is 5.91 Å². The average molecular weight is 802 g/mol. The number of aromatic nitrogens is 4. The number of carbonyl (C=O) groups is 4. The fraction of sp³-hybridized carbons (Fsp3) is 0.364. The van der Waals surface area contributed by atoms with Crippen LogP contribution in [0.5, 0.6) is 0 Å². The normalized spacial score (nSPS) is 17.5. The summed E-state index contributed by atoms with van der Waals surface area (Å²) in [5.74, 6) is 0.811. The Morgan fingerprint density at radius 3 is 1.68 bits per heavy atom. The van der Waals surface area contributed by atoms with E-state index in [2.05, 4.69) is 49.5 Å². The molecule has 2 saturated heterocycles. The van der Waals surface area contributed by atoms with Crippen LogP contribution in [-0.2, 0) is 32.0 Å². The minimum Gasteiger partial charge on any atom is -0.453 e. The number of aromatic amines is 2. The van der Waals surface area contributed by atoms with Crippen LogP contribution in [0.4, 0.5) is 9.59 Å². The number of rotatable bonds is 13. The zero-order chi connectivity index (χ0) is 41.6. The number of methoxy groups -OCH3 is 1. The highest BCUT2D eigenvalue weighted by Crippen LogP contribution is 2.35. The summed E-state index contributed by atoms with van der Waals surface area (Å²) in [5.41, 5.74) is 18.6. The van der Waals surface area contributed by atoms with E-state index < -0.39 is 24.3 Å². The Labute approximate surface area is 342 Å². The van der Waals surface area contributed by atoms with Gasteiger partial charge in [0.1, 0.15) is 17.7 Å². The molecule has 2 aromatic heterocycles. The smallest absolute Gasteiger partial charge is 0.407 e. The van der Waals surface area contributed by atoms with Crippen molar-refractivity contribution in [1.82, 2.24) is 35.1 Å². The number of primary amides is 1. The molecule has 0 spiro atoms. The maximum atomic E-state index is 13.8. The van der Waals surface area contributed by atoms with Gasteiger partial charge in [-0.15, -0.1) is 0 Å². The van der Waals surface area contributed by atoms with Crippen LogP contribution in [-0.4, -0.2) is 86.1 Å². The fourth-order valence-electron chi connectivity index (χ4n) is 8.03. The van der Waals surface area contributed by atoms with Crippen molar-refractivity contribution >= 4 is 24.0 Å². The third-order valence-electron chi connectivity index (χ3n) is 11.2. The van der Waals surface area contributed by atoms with E-state index in [9.17, 15) is 19.2 Å². The van der Waals surface area contributed by atoms with E-state index in [4.69, 9.17) is 20.9 Å². The zero-order valence-electron chi connectivity index (χ0n) is 33.5. The maximum absolute atomic E-state index is 13.8. The highest BCUT2D eigenvalue weighted by molar-refractivity contribution is 5.86. The molecule has 0 radical (unpaired) electrons. The Morgan fingerprint density at radius 2 is 1.22 bits per heavy atom. The third-order valence-corrected chi connectivity index (χ3v) is 11.2. The fourth-order valence-corrected chi connectivity index (χ4v) is 8.03. The van der Waals surface area contributed by atoms with Crippen LogP contribution >= 0.6 is 0 Å². The molecule has 0 saturated carbocycles. The van der Waals surface area contributed by atoms with E-state index in [1.165, 1.54) is 7.11 Å². The van der Waals surface area contributed by atoms with E-state index in [-0.39, 0.29) is 36.2 Å². The van der Waals surface area contributed by atoms with Crippen LogP contribution in [0.15, 0.2) is 85.2 Å². The number of benzene rings is 3. The van der Waals surface area contributed by atoms with Gasteiger partial charge in [-0.3, -0.25) is 9.59 Å². The van der Waals surface area contributed by atoms with E-state index in [0.717, 1.165) is 70.5 Å². The van der Waals surface area contributed by atoms with E-state index in [0.29, 0.717) is 31.3 Å². The number of nitrogens with one attached hydrogen (secondary N) is 3. The first-order chi connectivity index (χ1) is 28.5. The molecule has 4 amide bonds.